The van der Waals surface area contributed by atoms with Crippen LogP contribution in [0.5, 0.6) is 0 Å². The molecular formula is C13H20N2O2. The predicted molar refractivity (Wildman–Crippen MR) is 67.5 cm³/mol. The van der Waals surface area contributed by atoms with Gasteiger partial charge in [0.05, 0.1) is 12.2 Å². The Morgan fingerprint density at radius 1 is 1.29 bits per heavy atom. The number of hydrogen-bond donors (Lipinski definition) is 3. The van der Waals surface area contributed by atoms with Crippen molar-refractivity contribution in [1.29, 1.82) is 0 Å². The first-order chi connectivity index (χ1) is 8.16. The van der Waals surface area contributed by atoms with E-state index in [0.29, 0.717) is 12.2 Å². The monoisotopic (exact) mass is 236 g/mol. The molecule has 0 spiro atoms. The molecule has 1 fully saturated rings. The maximum Gasteiger partial charge on any atom is 0.0936 e. The van der Waals surface area contributed by atoms with Gasteiger partial charge in [-0.15, -0.1) is 0 Å². The topological polar surface area (TPSA) is 69.7 Å². The van der Waals surface area contributed by atoms with Crippen LogP contribution in [0.4, 0.5) is 5.69 Å². The number of likely N-dealkylation sites (tertiary alicyclic amines) is 1. The third kappa shape index (κ3) is 3.19. The molecule has 0 aromatic heterocycles. The molecule has 4 N–H and O–H groups in total. The van der Waals surface area contributed by atoms with Gasteiger partial charge in [-0.3, -0.25) is 0 Å². The number of aliphatic hydroxyl groups excluding tert-OH is 2. The van der Waals surface area contributed by atoms with Crippen molar-refractivity contribution in [3.63, 3.8) is 0 Å². The van der Waals surface area contributed by atoms with Gasteiger partial charge in [0.15, 0.2) is 0 Å². The summed E-state index contributed by atoms with van der Waals surface area (Å²) in [7, 11) is 0. The summed E-state index contributed by atoms with van der Waals surface area (Å²) in [4.78, 5) is 2.17. The van der Waals surface area contributed by atoms with Crippen molar-refractivity contribution in [1.82, 2.24) is 4.90 Å². The number of anilines is 1. The van der Waals surface area contributed by atoms with Crippen LogP contribution >= 0.6 is 0 Å². The molecule has 1 saturated heterocycles. The van der Waals surface area contributed by atoms with Crippen molar-refractivity contribution < 1.29 is 10.2 Å². The van der Waals surface area contributed by atoms with E-state index in [1.165, 1.54) is 0 Å². The van der Waals surface area contributed by atoms with Gasteiger partial charge in [0.25, 0.3) is 0 Å². The van der Waals surface area contributed by atoms with E-state index in [1.807, 2.05) is 18.2 Å². The van der Waals surface area contributed by atoms with Crippen LogP contribution in [0.25, 0.3) is 0 Å². The molecule has 1 aliphatic heterocycles. The molecule has 1 aromatic rings. The molecule has 0 amide bonds. The van der Waals surface area contributed by atoms with Crippen LogP contribution in [0.2, 0.25) is 0 Å². The first-order valence-corrected chi connectivity index (χ1v) is 6.09. The quantitative estimate of drug-likeness (QED) is 0.678. The van der Waals surface area contributed by atoms with Crippen molar-refractivity contribution in [3.8, 4) is 0 Å². The van der Waals surface area contributed by atoms with E-state index < -0.39 is 6.10 Å². The average Bonchev–Trinajstić information content (AvgIpc) is 2.32. The van der Waals surface area contributed by atoms with Gasteiger partial charge in [-0.2, -0.15) is 0 Å². The zero-order valence-corrected chi connectivity index (χ0v) is 9.92. The highest BCUT2D eigenvalue weighted by Gasteiger charge is 2.20. The second-order valence-electron chi connectivity index (χ2n) is 4.68. The van der Waals surface area contributed by atoms with E-state index in [-0.39, 0.29) is 6.10 Å². The fourth-order valence-corrected chi connectivity index (χ4v) is 2.26. The first kappa shape index (κ1) is 12.4. The van der Waals surface area contributed by atoms with Crippen LogP contribution in [0.15, 0.2) is 24.3 Å². The Morgan fingerprint density at radius 3 is 2.59 bits per heavy atom. The van der Waals surface area contributed by atoms with Gasteiger partial charge in [0, 0.05) is 30.9 Å². The Morgan fingerprint density at radius 2 is 1.94 bits per heavy atom. The van der Waals surface area contributed by atoms with Crippen LogP contribution < -0.4 is 5.73 Å². The minimum atomic E-state index is -0.550. The van der Waals surface area contributed by atoms with Crippen molar-refractivity contribution in [2.24, 2.45) is 0 Å². The van der Waals surface area contributed by atoms with Crippen LogP contribution in [0.3, 0.4) is 0 Å². The molecule has 1 heterocycles. The highest BCUT2D eigenvalue weighted by atomic mass is 16.3. The second kappa shape index (κ2) is 5.49. The molecule has 4 nitrogen and oxygen atoms in total. The molecule has 4 heteroatoms. The van der Waals surface area contributed by atoms with Crippen LogP contribution in [-0.4, -0.2) is 40.9 Å². The standard InChI is InChI=1S/C13H20N2O2/c14-12-4-2-1-3-11(12)13(17)9-15-7-5-10(16)6-8-15/h1-4,10,13,16-17H,5-9,14H2. The number of nitrogens with two attached hydrogens (primary N) is 1. The SMILES string of the molecule is Nc1ccccc1C(O)CN1CCC(O)CC1. The van der Waals surface area contributed by atoms with Gasteiger partial charge in [0.1, 0.15) is 0 Å². The van der Waals surface area contributed by atoms with Crippen LogP contribution in [0.1, 0.15) is 24.5 Å². The number of para-hydroxylation sites is 1. The third-order valence-electron chi connectivity index (χ3n) is 3.34. The Labute approximate surface area is 102 Å². The highest BCUT2D eigenvalue weighted by Crippen LogP contribution is 2.22. The van der Waals surface area contributed by atoms with Crippen molar-refractivity contribution in [2.45, 2.75) is 25.0 Å². The summed E-state index contributed by atoms with van der Waals surface area (Å²) < 4.78 is 0. The molecule has 0 saturated carbocycles. The average molecular weight is 236 g/mol. The van der Waals surface area contributed by atoms with Gasteiger partial charge in [0.2, 0.25) is 0 Å². The maximum absolute atomic E-state index is 10.1. The summed E-state index contributed by atoms with van der Waals surface area (Å²) >= 11 is 0. The number of benzene rings is 1. The molecule has 1 aromatic carbocycles. The number of nitrogens with zero attached hydrogens (tertiary/aromatic N) is 1. The number of hydrogen-bond acceptors (Lipinski definition) is 4. The Kier molecular flexibility index (Phi) is 3.99. The zero-order valence-electron chi connectivity index (χ0n) is 9.92. The van der Waals surface area contributed by atoms with Gasteiger partial charge in [-0.25, -0.2) is 0 Å². The van der Waals surface area contributed by atoms with E-state index in [2.05, 4.69) is 4.90 Å². The molecule has 1 atom stereocenters. The molecule has 0 aliphatic carbocycles. The third-order valence-corrected chi connectivity index (χ3v) is 3.34. The zero-order chi connectivity index (χ0) is 12.3. The summed E-state index contributed by atoms with van der Waals surface area (Å²) in [6.45, 7) is 2.26. The smallest absolute Gasteiger partial charge is 0.0936 e. The van der Waals surface area contributed by atoms with Crippen molar-refractivity contribution in [3.05, 3.63) is 29.8 Å². The van der Waals surface area contributed by atoms with Crippen molar-refractivity contribution >= 4 is 5.69 Å². The fourth-order valence-electron chi connectivity index (χ4n) is 2.26. The highest BCUT2D eigenvalue weighted by molar-refractivity contribution is 5.47. The molecule has 2 rings (SSSR count). The van der Waals surface area contributed by atoms with Crippen molar-refractivity contribution in [2.75, 3.05) is 25.4 Å². The minimum Gasteiger partial charge on any atom is -0.398 e. The summed E-state index contributed by atoms with van der Waals surface area (Å²) in [6.07, 6.45) is 0.852. The first-order valence-electron chi connectivity index (χ1n) is 6.09. The second-order valence-corrected chi connectivity index (χ2v) is 4.68. The predicted octanol–water partition coefficient (Wildman–Crippen LogP) is 0.759. The maximum atomic E-state index is 10.1. The lowest BCUT2D eigenvalue weighted by Crippen LogP contribution is -2.38. The van der Waals surface area contributed by atoms with E-state index >= 15 is 0 Å². The molecule has 17 heavy (non-hydrogen) atoms. The lowest BCUT2D eigenvalue weighted by atomic mass is 10.0. The molecule has 1 unspecified atom stereocenters. The van der Waals surface area contributed by atoms with E-state index in [1.54, 1.807) is 6.07 Å². The van der Waals surface area contributed by atoms with E-state index in [4.69, 9.17) is 5.73 Å². The summed E-state index contributed by atoms with van der Waals surface area (Å²) in [5.74, 6) is 0. The minimum absolute atomic E-state index is 0.176. The largest absolute Gasteiger partial charge is 0.398 e. The lowest BCUT2D eigenvalue weighted by Gasteiger charge is -2.31. The number of nitrogen functional groups attached to an aromatic ring is 1. The van der Waals surface area contributed by atoms with E-state index in [0.717, 1.165) is 31.5 Å². The van der Waals surface area contributed by atoms with Gasteiger partial charge in [-0.05, 0) is 18.9 Å². The molecule has 1 aliphatic rings. The molecule has 0 bridgehead atoms. The number of β-amino-alcohol motifs (C(OH)–C–C–N with tert-alkyl or cyclic N) is 1. The normalized spacial score (nSPS) is 20.4. The fraction of sp³-hybridized carbons (Fsp3) is 0.538. The Hall–Kier alpha value is -1.10. The number of aliphatic hydroxyl groups is 2. The van der Waals surface area contributed by atoms with Gasteiger partial charge < -0.3 is 20.8 Å². The number of piperidine rings is 1. The molecule has 94 valence electrons. The van der Waals surface area contributed by atoms with Crippen LogP contribution in [0, 0.1) is 0 Å². The lowest BCUT2D eigenvalue weighted by molar-refractivity contribution is 0.0510. The van der Waals surface area contributed by atoms with Crippen LogP contribution in [-0.2, 0) is 0 Å². The Bertz CT molecular complexity index is 362. The summed E-state index contributed by atoms with van der Waals surface area (Å²) in [5, 5.41) is 19.5. The van der Waals surface area contributed by atoms with E-state index in [9.17, 15) is 10.2 Å². The summed E-state index contributed by atoms with van der Waals surface area (Å²) in [6, 6.07) is 7.41. The number of rotatable bonds is 3. The summed E-state index contributed by atoms with van der Waals surface area (Å²) in [5.41, 5.74) is 7.26. The molecular weight excluding hydrogens is 216 g/mol. The van der Waals surface area contributed by atoms with Gasteiger partial charge in [-0.1, -0.05) is 18.2 Å². The Balaban J connectivity index is 1.93. The molecule has 0 radical (unpaired) electrons. The van der Waals surface area contributed by atoms with Gasteiger partial charge >= 0.3 is 0 Å².